The van der Waals surface area contributed by atoms with Crippen molar-refractivity contribution in [2.45, 2.75) is 12.0 Å². The van der Waals surface area contributed by atoms with Crippen molar-refractivity contribution in [3.05, 3.63) is 65.9 Å². The van der Waals surface area contributed by atoms with Crippen molar-refractivity contribution < 1.29 is 14.6 Å². The van der Waals surface area contributed by atoms with Crippen LogP contribution >= 0.6 is 0 Å². The number of rotatable bonds is 3. The summed E-state index contributed by atoms with van der Waals surface area (Å²) in [4.78, 5) is 14.8. The van der Waals surface area contributed by atoms with Crippen LogP contribution in [0.4, 0.5) is 0 Å². The van der Waals surface area contributed by atoms with Crippen LogP contribution < -0.4 is 4.74 Å². The topological polar surface area (TPSA) is 54.7 Å². The summed E-state index contributed by atoms with van der Waals surface area (Å²) in [6, 6.07) is 17.2. The summed E-state index contributed by atoms with van der Waals surface area (Å²) >= 11 is 0. The summed E-state index contributed by atoms with van der Waals surface area (Å²) in [6.07, 6.45) is 0.542. The van der Waals surface area contributed by atoms with E-state index in [1.807, 2.05) is 66.2 Å². The third-order valence-corrected chi connectivity index (χ3v) is 5.32. The van der Waals surface area contributed by atoms with Crippen LogP contribution in [-0.4, -0.2) is 40.7 Å². The Kier molecular flexibility index (Phi) is 3.96. The zero-order chi connectivity index (χ0) is 18.3. The van der Waals surface area contributed by atoms with Crippen LogP contribution in [0.25, 0.3) is 10.9 Å². The quantitative estimate of drug-likeness (QED) is 0.790. The van der Waals surface area contributed by atoms with Crippen molar-refractivity contribution in [3.8, 4) is 5.75 Å². The highest BCUT2D eigenvalue weighted by Crippen LogP contribution is 2.33. The first-order valence-electron chi connectivity index (χ1n) is 8.72. The molecule has 0 radical (unpaired) electrons. The van der Waals surface area contributed by atoms with Crippen LogP contribution in [0.2, 0.25) is 0 Å². The lowest BCUT2D eigenvalue weighted by Crippen LogP contribution is -2.35. The molecule has 1 aliphatic heterocycles. The first-order chi connectivity index (χ1) is 12.5. The molecule has 0 bridgehead atoms. The number of nitrogens with zero attached hydrogens (tertiary/aromatic N) is 2. The van der Waals surface area contributed by atoms with E-state index in [2.05, 4.69) is 0 Å². The van der Waals surface area contributed by atoms with Crippen molar-refractivity contribution in [1.29, 1.82) is 0 Å². The van der Waals surface area contributed by atoms with Crippen LogP contribution in [0.3, 0.4) is 0 Å². The number of hydrogen-bond acceptors (Lipinski definition) is 3. The second-order valence-corrected chi connectivity index (χ2v) is 6.89. The summed E-state index contributed by atoms with van der Waals surface area (Å²) in [6.45, 7) is 0.843. The number of methoxy groups -OCH3 is 1. The van der Waals surface area contributed by atoms with Gasteiger partial charge in [-0.2, -0.15) is 0 Å². The number of aliphatic hydroxyl groups is 1. The zero-order valence-corrected chi connectivity index (χ0v) is 15.0. The molecule has 1 saturated heterocycles. The Morgan fingerprint density at radius 2 is 1.92 bits per heavy atom. The summed E-state index contributed by atoms with van der Waals surface area (Å²) < 4.78 is 7.17. The van der Waals surface area contributed by atoms with Gasteiger partial charge in [0, 0.05) is 25.0 Å². The second-order valence-electron chi connectivity index (χ2n) is 6.89. The number of hydrogen-bond donors (Lipinski definition) is 1. The summed E-state index contributed by atoms with van der Waals surface area (Å²) in [5.41, 5.74) is 1.44. The number of aryl methyl sites for hydroxylation is 1. The lowest BCUT2D eigenvalue weighted by molar-refractivity contribution is 0.0414. The molecule has 3 aromatic rings. The molecule has 26 heavy (non-hydrogen) atoms. The van der Waals surface area contributed by atoms with E-state index in [1.54, 1.807) is 12.0 Å². The second kappa shape index (κ2) is 6.18. The van der Waals surface area contributed by atoms with Crippen molar-refractivity contribution in [3.63, 3.8) is 0 Å². The molecule has 1 atom stereocenters. The summed E-state index contributed by atoms with van der Waals surface area (Å²) in [7, 11) is 3.51. The van der Waals surface area contributed by atoms with Crippen molar-refractivity contribution in [2.24, 2.45) is 7.05 Å². The van der Waals surface area contributed by atoms with Gasteiger partial charge in [-0.15, -0.1) is 0 Å². The van der Waals surface area contributed by atoms with E-state index in [0.717, 1.165) is 22.2 Å². The van der Waals surface area contributed by atoms with Crippen molar-refractivity contribution >= 4 is 16.8 Å². The molecule has 4 rings (SSSR count). The number of carbonyl (C=O) groups excluding carboxylic acids is 1. The average Bonchev–Trinajstić information content (AvgIpc) is 3.23. The number of benzene rings is 2. The molecule has 0 spiro atoms. The van der Waals surface area contributed by atoms with E-state index >= 15 is 0 Å². The van der Waals surface area contributed by atoms with Crippen molar-refractivity contribution in [2.75, 3.05) is 20.2 Å². The van der Waals surface area contributed by atoms with Gasteiger partial charge in [0.15, 0.2) is 0 Å². The Bertz CT molecular complexity index is 964. The van der Waals surface area contributed by atoms with Crippen LogP contribution in [0.5, 0.6) is 5.75 Å². The first kappa shape index (κ1) is 16.7. The molecule has 1 aliphatic rings. The Morgan fingerprint density at radius 3 is 2.65 bits per heavy atom. The Morgan fingerprint density at radius 1 is 1.15 bits per heavy atom. The fourth-order valence-electron chi connectivity index (χ4n) is 3.76. The molecule has 0 aliphatic carbocycles. The molecule has 1 N–H and O–H groups in total. The Labute approximate surface area is 152 Å². The fourth-order valence-corrected chi connectivity index (χ4v) is 3.76. The van der Waals surface area contributed by atoms with Crippen LogP contribution in [0, 0.1) is 0 Å². The highest BCUT2D eigenvalue weighted by Gasteiger charge is 2.40. The molecule has 0 saturated carbocycles. The van der Waals surface area contributed by atoms with E-state index in [1.165, 1.54) is 0 Å². The third-order valence-electron chi connectivity index (χ3n) is 5.32. The molecule has 134 valence electrons. The van der Waals surface area contributed by atoms with Gasteiger partial charge in [0.05, 0.1) is 19.2 Å². The van der Waals surface area contributed by atoms with E-state index < -0.39 is 5.60 Å². The van der Waals surface area contributed by atoms with Crippen LogP contribution in [-0.2, 0) is 12.6 Å². The minimum atomic E-state index is -0.981. The number of carbonyl (C=O) groups is 1. The SMILES string of the molecule is COc1ccc2cc(C(=O)N3CCC(O)(c4ccccc4)C3)n(C)c2c1. The molecule has 5 heteroatoms. The van der Waals surface area contributed by atoms with Gasteiger partial charge in [-0.3, -0.25) is 4.79 Å². The number of amides is 1. The predicted octanol–water partition coefficient (Wildman–Crippen LogP) is 2.92. The monoisotopic (exact) mass is 350 g/mol. The predicted molar refractivity (Wildman–Crippen MR) is 100 cm³/mol. The van der Waals surface area contributed by atoms with E-state index in [9.17, 15) is 9.90 Å². The van der Waals surface area contributed by atoms with Crippen molar-refractivity contribution in [1.82, 2.24) is 9.47 Å². The standard InChI is InChI=1S/C21H22N2O3/c1-22-18-13-17(26-2)9-8-15(18)12-19(22)20(24)23-11-10-21(25,14-23)16-6-4-3-5-7-16/h3-9,12-13,25H,10-11,14H2,1-2H3. The van der Waals surface area contributed by atoms with E-state index in [0.29, 0.717) is 25.2 Å². The minimum absolute atomic E-state index is 0.0606. The third kappa shape index (κ3) is 2.65. The van der Waals surface area contributed by atoms with Gasteiger partial charge < -0.3 is 19.3 Å². The van der Waals surface area contributed by atoms with Gasteiger partial charge in [0.1, 0.15) is 17.0 Å². The summed E-state index contributed by atoms with van der Waals surface area (Å²) in [5.74, 6) is 0.701. The molecule has 2 heterocycles. The van der Waals surface area contributed by atoms with E-state index in [-0.39, 0.29) is 5.91 Å². The van der Waals surface area contributed by atoms with Gasteiger partial charge in [-0.05, 0) is 30.2 Å². The maximum atomic E-state index is 13.1. The lowest BCUT2D eigenvalue weighted by atomic mass is 9.93. The van der Waals surface area contributed by atoms with Crippen LogP contribution in [0.15, 0.2) is 54.6 Å². The smallest absolute Gasteiger partial charge is 0.270 e. The Hall–Kier alpha value is -2.79. The zero-order valence-electron chi connectivity index (χ0n) is 15.0. The normalized spacial score (nSPS) is 19.9. The number of aromatic nitrogens is 1. The minimum Gasteiger partial charge on any atom is -0.497 e. The number of ether oxygens (including phenoxy) is 1. The molecule has 1 amide bonds. The maximum absolute atomic E-state index is 13.1. The number of likely N-dealkylation sites (tertiary alicyclic amines) is 1. The van der Waals surface area contributed by atoms with E-state index in [4.69, 9.17) is 4.74 Å². The maximum Gasteiger partial charge on any atom is 0.270 e. The first-order valence-corrected chi connectivity index (χ1v) is 8.72. The number of fused-ring (bicyclic) bond motifs is 1. The average molecular weight is 350 g/mol. The fraction of sp³-hybridized carbons (Fsp3) is 0.286. The number of β-amino-alcohol motifs (C(OH)–C–C–N with tert-alkyl or cyclic N) is 1. The van der Waals surface area contributed by atoms with Gasteiger partial charge >= 0.3 is 0 Å². The van der Waals surface area contributed by atoms with Gasteiger partial charge in [0.25, 0.3) is 5.91 Å². The molecule has 2 aromatic carbocycles. The Balaban J connectivity index is 1.63. The largest absolute Gasteiger partial charge is 0.497 e. The van der Waals surface area contributed by atoms with Gasteiger partial charge in [0.2, 0.25) is 0 Å². The molecular weight excluding hydrogens is 328 g/mol. The molecular formula is C21H22N2O3. The van der Waals surface area contributed by atoms with Gasteiger partial charge in [-0.1, -0.05) is 30.3 Å². The van der Waals surface area contributed by atoms with Gasteiger partial charge in [-0.25, -0.2) is 0 Å². The molecule has 1 fully saturated rings. The molecule has 1 unspecified atom stereocenters. The highest BCUT2D eigenvalue weighted by atomic mass is 16.5. The van der Waals surface area contributed by atoms with Crippen LogP contribution in [0.1, 0.15) is 22.5 Å². The highest BCUT2D eigenvalue weighted by molar-refractivity contribution is 5.99. The molecule has 5 nitrogen and oxygen atoms in total. The molecule has 1 aromatic heterocycles. The lowest BCUT2D eigenvalue weighted by Gasteiger charge is -2.24. The summed E-state index contributed by atoms with van der Waals surface area (Å²) in [5, 5.41) is 12.0.